The third-order valence-corrected chi connectivity index (χ3v) is 2.30. The quantitative estimate of drug-likeness (QED) is 0.887. The molecule has 98 valence electrons. The molecule has 1 amide bonds. The van der Waals surface area contributed by atoms with Crippen molar-refractivity contribution in [1.29, 1.82) is 0 Å². The second kappa shape index (κ2) is 5.76. The van der Waals surface area contributed by atoms with E-state index in [1.54, 1.807) is 12.1 Å². The van der Waals surface area contributed by atoms with Crippen LogP contribution in [0.3, 0.4) is 0 Å². The van der Waals surface area contributed by atoms with Crippen LogP contribution in [0.15, 0.2) is 30.7 Å². The molecule has 7 nitrogen and oxygen atoms in total. The molecule has 0 aliphatic carbocycles. The monoisotopic (exact) mass is 260 g/mol. The molecule has 2 heterocycles. The number of carbonyl (C=O) groups is 1. The van der Waals surface area contributed by atoms with Gasteiger partial charge in [-0.2, -0.15) is 4.98 Å². The van der Waals surface area contributed by atoms with Gasteiger partial charge in [0.25, 0.3) is 5.91 Å². The van der Waals surface area contributed by atoms with E-state index in [1.165, 1.54) is 32.8 Å². The van der Waals surface area contributed by atoms with Crippen molar-refractivity contribution in [1.82, 2.24) is 15.0 Å². The first-order valence-electron chi connectivity index (χ1n) is 5.41. The zero-order valence-corrected chi connectivity index (χ0v) is 10.5. The topological polar surface area (TPSA) is 86.2 Å². The normalized spacial score (nSPS) is 9.79. The van der Waals surface area contributed by atoms with Crippen LogP contribution in [0.25, 0.3) is 0 Å². The molecule has 0 aromatic carbocycles. The first-order valence-corrected chi connectivity index (χ1v) is 5.41. The van der Waals surface area contributed by atoms with Gasteiger partial charge in [0, 0.05) is 18.0 Å². The van der Waals surface area contributed by atoms with Crippen LogP contribution in [0.2, 0.25) is 0 Å². The highest BCUT2D eigenvalue weighted by Crippen LogP contribution is 2.22. The lowest BCUT2D eigenvalue weighted by atomic mass is 10.2. The first-order chi connectivity index (χ1) is 9.24. The molecular weight excluding hydrogens is 248 g/mol. The Kier molecular flexibility index (Phi) is 3.87. The number of carbonyl (C=O) groups excluding carboxylic acids is 1. The summed E-state index contributed by atoms with van der Waals surface area (Å²) in [5.74, 6) is -0.0660. The number of nitrogens with zero attached hydrogens (tertiary/aromatic N) is 3. The zero-order chi connectivity index (χ0) is 13.7. The molecular formula is C12H12N4O3. The fraction of sp³-hybridized carbons (Fsp3) is 0.167. The van der Waals surface area contributed by atoms with E-state index in [9.17, 15) is 4.79 Å². The molecule has 19 heavy (non-hydrogen) atoms. The van der Waals surface area contributed by atoms with Crippen molar-refractivity contribution in [3.05, 3.63) is 36.3 Å². The van der Waals surface area contributed by atoms with Gasteiger partial charge in [0.15, 0.2) is 0 Å². The smallest absolute Gasteiger partial charge is 0.319 e. The highest BCUT2D eigenvalue weighted by molar-refractivity contribution is 6.04. The van der Waals surface area contributed by atoms with Crippen molar-refractivity contribution in [3.8, 4) is 11.9 Å². The Morgan fingerprint density at radius 1 is 1.21 bits per heavy atom. The van der Waals surface area contributed by atoms with E-state index < -0.39 is 0 Å². The average Bonchev–Trinajstić information content (AvgIpc) is 2.48. The number of methoxy groups -OCH3 is 2. The third kappa shape index (κ3) is 2.95. The van der Waals surface area contributed by atoms with E-state index in [2.05, 4.69) is 20.3 Å². The van der Waals surface area contributed by atoms with Gasteiger partial charge >= 0.3 is 6.01 Å². The lowest BCUT2D eigenvalue weighted by molar-refractivity contribution is 0.102. The van der Waals surface area contributed by atoms with Gasteiger partial charge in [0.2, 0.25) is 5.88 Å². The van der Waals surface area contributed by atoms with Gasteiger partial charge in [-0.15, -0.1) is 0 Å². The molecule has 2 rings (SSSR count). The number of aromatic nitrogens is 3. The molecule has 0 saturated carbocycles. The third-order valence-electron chi connectivity index (χ3n) is 2.30. The molecule has 0 bridgehead atoms. The molecule has 0 saturated heterocycles. The minimum atomic E-state index is -0.297. The van der Waals surface area contributed by atoms with Gasteiger partial charge in [-0.3, -0.25) is 9.78 Å². The van der Waals surface area contributed by atoms with E-state index in [4.69, 9.17) is 9.47 Å². The second-order valence-electron chi connectivity index (χ2n) is 3.47. The molecule has 0 unspecified atom stereocenters. The van der Waals surface area contributed by atoms with Gasteiger partial charge in [0.1, 0.15) is 5.69 Å². The van der Waals surface area contributed by atoms with Crippen molar-refractivity contribution in [2.24, 2.45) is 0 Å². The number of ether oxygens (including phenoxy) is 2. The fourth-order valence-corrected chi connectivity index (χ4v) is 1.39. The van der Waals surface area contributed by atoms with E-state index in [1.807, 2.05) is 0 Å². The van der Waals surface area contributed by atoms with Gasteiger partial charge < -0.3 is 14.8 Å². The molecule has 2 aromatic rings. The minimum absolute atomic E-state index is 0.166. The highest BCUT2D eigenvalue weighted by atomic mass is 16.5. The Balaban J connectivity index is 2.21. The summed E-state index contributed by atoms with van der Waals surface area (Å²) in [6.45, 7) is 0. The average molecular weight is 260 g/mol. The van der Waals surface area contributed by atoms with E-state index >= 15 is 0 Å². The van der Waals surface area contributed by atoms with Crippen LogP contribution < -0.4 is 14.8 Å². The number of amides is 1. The predicted molar refractivity (Wildman–Crippen MR) is 67.3 cm³/mol. The van der Waals surface area contributed by atoms with Crippen molar-refractivity contribution >= 4 is 11.6 Å². The molecule has 0 aliphatic rings. The van der Waals surface area contributed by atoms with Crippen LogP contribution >= 0.6 is 0 Å². The lowest BCUT2D eigenvalue weighted by Crippen LogP contribution is -2.13. The van der Waals surface area contributed by atoms with Crippen molar-refractivity contribution in [2.75, 3.05) is 19.5 Å². The van der Waals surface area contributed by atoms with Gasteiger partial charge in [0.05, 0.1) is 20.4 Å². The summed E-state index contributed by atoms with van der Waals surface area (Å²) in [6.07, 6.45) is 4.50. The summed E-state index contributed by atoms with van der Waals surface area (Å²) in [4.78, 5) is 23.7. The number of hydrogen-bond donors (Lipinski definition) is 1. The maximum atomic E-state index is 12.0. The van der Waals surface area contributed by atoms with E-state index in [0.717, 1.165) is 0 Å². The maximum absolute atomic E-state index is 12.0. The number of anilines is 1. The van der Waals surface area contributed by atoms with Gasteiger partial charge in [-0.25, -0.2) is 4.98 Å². The Labute approximate surface area is 109 Å². The largest absolute Gasteiger partial charge is 0.479 e. The second-order valence-corrected chi connectivity index (χ2v) is 3.47. The molecule has 0 radical (unpaired) electrons. The molecule has 0 spiro atoms. The molecule has 0 fully saturated rings. The van der Waals surface area contributed by atoms with Crippen LogP contribution in [0.1, 0.15) is 10.4 Å². The molecule has 2 aromatic heterocycles. The summed E-state index contributed by atoms with van der Waals surface area (Å²) in [7, 11) is 2.90. The standard InChI is InChI=1S/C12H12N4O3/c1-18-11-9(7-14-12(16-11)19-2)15-10(17)8-3-5-13-6-4-8/h3-7H,1-2H3,(H,15,17). The van der Waals surface area contributed by atoms with E-state index in [-0.39, 0.29) is 17.8 Å². The first kappa shape index (κ1) is 12.7. The number of hydrogen-bond acceptors (Lipinski definition) is 6. The van der Waals surface area contributed by atoms with Crippen LogP contribution in [0, 0.1) is 0 Å². The molecule has 0 aliphatic heterocycles. The van der Waals surface area contributed by atoms with Gasteiger partial charge in [-0.1, -0.05) is 0 Å². The summed E-state index contributed by atoms with van der Waals surface area (Å²) in [5.41, 5.74) is 0.845. The summed E-state index contributed by atoms with van der Waals surface area (Å²) in [5, 5.41) is 2.66. The number of pyridine rings is 1. The van der Waals surface area contributed by atoms with Crippen molar-refractivity contribution < 1.29 is 14.3 Å². The Morgan fingerprint density at radius 2 is 1.95 bits per heavy atom. The predicted octanol–water partition coefficient (Wildman–Crippen LogP) is 1.14. The Bertz CT molecular complexity index is 574. The van der Waals surface area contributed by atoms with Gasteiger partial charge in [-0.05, 0) is 12.1 Å². The van der Waals surface area contributed by atoms with Crippen LogP contribution in [0.4, 0.5) is 5.69 Å². The molecule has 1 N–H and O–H groups in total. The molecule has 0 atom stereocenters. The SMILES string of the molecule is COc1ncc(NC(=O)c2ccncc2)c(OC)n1. The Morgan fingerprint density at radius 3 is 2.58 bits per heavy atom. The summed E-state index contributed by atoms with van der Waals surface area (Å²) < 4.78 is 9.94. The summed E-state index contributed by atoms with van der Waals surface area (Å²) >= 11 is 0. The van der Waals surface area contributed by atoms with Crippen molar-refractivity contribution in [3.63, 3.8) is 0 Å². The lowest BCUT2D eigenvalue weighted by Gasteiger charge is -2.09. The minimum Gasteiger partial charge on any atom is -0.479 e. The number of nitrogens with one attached hydrogen (secondary N) is 1. The highest BCUT2D eigenvalue weighted by Gasteiger charge is 2.12. The van der Waals surface area contributed by atoms with Crippen LogP contribution in [-0.4, -0.2) is 35.1 Å². The maximum Gasteiger partial charge on any atom is 0.319 e. The molecule has 7 heteroatoms. The van der Waals surface area contributed by atoms with Crippen LogP contribution in [0.5, 0.6) is 11.9 Å². The fourth-order valence-electron chi connectivity index (χ4n) is 1.39. The van der Waals surface area contributed by atoms with E-state index in [0.29, 0.717) is 11.3 Å². The summed E-state index contributed by atoms with van der Waals surface area (Å²) in [6, 6.07) is 3.37. The Hall–Kier alpha value is -2.70. The van der Waals surface area contributed by atoms with Crippen molar-refractivity contribution in [2.45, 2.75) is 0 Å². The zero-order valence-electron chi connectivity index (χ0n) is 10.5. The number of rotatable bonds is 4. The van der Waals surface area contributed by atoms with Crippen LogP contribution in [-0.2, 0) is 0 Å².